The molecule has 2 unspecified atom stereocenters. The number of benzene rings is 1. The second kappa shape index (κ2) is 9.14. The van der Waals surface area contributed by atoms with Gasteiger partial charge in [-0.2, -0.15) is 5.10 Å². The smallest absolute Gasteiger partial charge is 0.275 e. The SMILES string of the molecule is Cc1c(F)ccc(N2CCN(C(=O)Cn3nc(C(=O)N4CCC(O)C(CO)C4)c4c3C[C@H]3C=C43)C3(CC3)C2)c1C. The largest absolute Gasteiger partial charge is 0.396 e. The molecule has 2 aromatic rings. The highest BCUT2D eigenvalue weighted by Gasteiger charge is 2.53. The van der Waals surface area contributed by atoms with E-state index in [1.165, 1.54) is 6.07 Å². The number of anilines is 1. The van der Waals surface area contributed by atoms with Crippen molar-refractivity contribution in [2.45, 2.75) is 57.7 Å². The molecule has 3 fully saturated rings. The van der Waals surface area contributed by atoms with Crippen LogP contribution in [0.4, 0.5) is 10.1 Å². The van der Waals surface area contributed by atoms with Gasteiger partial charge in [0.2, 0.25) is 5.91 Å². The van der Waals surface area contributed by atoms with Gasteiger partial charge >= 0.3 is 0 Å². The van der Waals surface area contributed by atoms with Crippen molar-refractivity contribution in [1.29, 1.82) is 0 Å². The van der Waals surface area contributed by atoms with Crippen LogP contribution in [0.1, 0.15) is 52.1 Å². The molecule has 1 aromatic carbocycles. The van der Waals surface area contributed by atoms with Gasteiger partial charge in [0, 0.05) is 67.9 Å². The molecule has 1 saturated carbocycles. The summed E-state index contributed by atoms with van der Waals surface area (Å²) in [5.74, 6) is -0.406. The number of aromatic nitrogens is 2. The number of carbonyl (C=O) groups excluding carboxylic acids is 2. The minimum Gasteiger partial charge on any atom is -0.396 e. The third-order valence-corrected chi connectivity index (χ3v) is 9.95. The van der Waals surface area contributed by atoms with Crippen molar-refractivity contribution in [1.82, 2.24) is 19.6 Å². The van der Waals surface area contributed by atoms with Gasteiger partial charge in [-0.05, 0) is 61.9 Å². The summed E-state index contributed by atoms with van der Waals surface area (Å²) in [7, 11) is 0. The zero-order valence-corrected chi connectivity index (χ0v) is 23.1. The van der Waals surface area contributed by atoms with E-state index in [0.717, 1.165) is 53.9 Å². The number of halogens is 1. The van der Waals surface area contributed by atoms with Gasteiger partial charge in [-0.15, -0.1) is 0 Å². The fraction of sp³-hybridized carbons (Fsp3) is 0.567. The normalized spacial score (nSPS) is 26.1. The van der Waals surface area contributed by atoms with E-state index >= 15 is 0 Å². The first kappa shape index (κ1) is 25.7. The van der Waals surface area contributed by atoms with Gasteiger partial charge < -0.3 is 24.9 Å². The van der Waals surface area contributed by atoms with Crippen LogP contribution in [0.3, 0.4) is 0 Å². The summed E-state index contributed by atoms with van der Waals surface area (Å²) in [6.45, 7) is 6.41. The van der Waals surface area contributed by atoms with E-state index in [-0.39, 0.29) is 42.2 Å². The van der Waals surface area contributed by atoms with Crippen LogP contribution in [-0.2, 0) is 17.8 Å². The Morgan fingerprint density at radius 2 is 1.95 bits per heavy atom. The highest BCUT2D eigenvalue weighted by atomic mass is 19.1. The number of carbonyl (C=O) groups is 2. The Morgan fingerprint density at radius 3 is 2.70 bits per heavy atom. The van der Waals surface area contributed by atoms with Crippen molar-refractivity contribution in [2.24, 2.45) is 11.8 Å². The zero-order chi connectivity index (χ0) is 27.9. The van der Waals surface area contributed by atoms with Gasteiger partial charge in [0.15, 0.2) is 5.69 Å². The predicted octanol–water partition coefficient (Wildman–Crippen LogP) is 1.91. The molecule has 7 rings (SSSR count). The van der Waals surface area contributed by atoms with Gasteiger partial charge in [0.25, 0.3) is 5.91 Å². The Kier molecular flexibility index (Phi) is 5.87. The third-order valence-electron chi connectivity index (χ3n) is 9.95. The summed E-state index contributed by atoms with van der Waals surface area (Å²) >= 11 is 0. The number of piperazine rings is 1. The fourth-order valence-corrected chi connectivity index (χ4v) is 7.11. The van der Waals surface area contributed by atoms with Crippen LogP contribution in [-0.4, -0.2) is 92.6 Å². The maximum atomic E-state index is 14.1. The van der Waals surface area contributed by atoms with Crippen LogP contribution in [0.5, 0.6) is 0 Å². The standard InChI is InChI=1S/C30H36FN5O4/c1-17-18(2)23(4-3-22(17)31)34-9-10-35(30(16-34)6-7-30)26(39)14-36-24-12-19-11-21(19)27(24)28(32-36)29(40)33-8-5-25(38)20(13-33)15-37/h3-4,11,19-20,25,37-38H,5-10,12-16H2,1-2H3/t19-,20?,25?/m1/s1. The van der Waals surface area contributed by atoms with E-state index in [1.54, 1.807) is 9.58 Å². The van der Waals surface area contributed by atoms with Crippen molar-refractivity contribution in [3.05, 3.63) is 52.1 Å². The van der Waals surface area contributed by atoms with E-state index in [1.807, 2.05) is 24.8 Å². The summed E-state index contributed by atoms with van der Waals surface area (Å²) in [6, 6.07) is 3.38. The Bertz CT molecular complexity index is 1450. The molecule has 10 heteroatoms. The Balaban J connectivity index is 1.10. The molecule has 40 heavy (non-hydrogen) atoms. The van der Waals surface area contributed by atoms with Crippen LogP contribution in [0.15, 0.2) is 18.2 Å². The van der Waals surface area contributed by atoms with Crippen molar-refractivity contribution < 1.29 is 24.2 Å². The minimum atomic E-state index is -0.614. The lowest BCUT2D eigenvalue weighted by atomic mass is 9.95. The number of nitrogens with zero attached hydrogens (tertiary/aromatic N) is 5. The number of hydrogen-bond donors (Lipinski definition) is 2. The van der Waals surface area contributed by atoms with Gasteiger partial charge in [0.1, 0.15) is 12.4 Å². The molecule has 3 atom stereocenters. The van der Waals surface area contributed by atoms with Crippen LogP contribution in [0.2, 0.25) is 0 Å². The van der Waals surface area contributed by atoms with Crippen LogP contribution in [0, 0.1) is 31.5 Å². The van der Waals surface area contributed by atoms with E-state index in [9.17, 15) is 24.2 Å². The molecule has 5 aliphatic rings. The van der Waals surface area contributed by atoms with Crippen LogP contribution in [0.25, 0.3) is 5.57 Å². The first-order valence-electron chi connectivity index (χ1n) is 14.4. The molecule has 0 radical (unpaired) electrons. The van der Waals surface area contributed by atoms with Gasteiger partial charge in [0.05, 0.1) is 18.2 Å². The lowest BCUT2D eigenvalue weighted by Gasteiger charge is -2.44. The molecule has 3 heterocycles. The molecule has 9 nitrogen and oxygen atoms in total. The molecule has 2 amide bonds. The molecule has 212 valence electrons. The number of allylic oxidation sites excluding steroid dienone is 2. The average Bonchev–Trinajstić information content (AvgIpc) is 3.83. The topological polar surface area (TPSA) is 102 Å². The monoisotopic (exact) mass is 549 g/mol. The Morgan fingerprint density at radius 1 is 1.15 bits per heavy atom. The Hall–Kier alpha value is -3.24. The molecule has 2 aliphatic heterocycles. The second-order valence-electron chi connectivity index (χ2n) is 12.3. The molecule has 3 aliphatic carbocycles. The first-order valence-corrected chi connectivity index (χ1v) is 14.4. The lowest BCUT2D eigenvalue weighted by molar-refractivity contribution is -0.135. The molecular formula is C30H36FN5O4. The number of piperidine rings is 1. The number of hydrogen-bond acceptors (Lipinski definition) is 6. The van der Waals surface area contributed by atoms with Crippen molar-refractivity contribution in [2.75, 3.05) is 44.2 Å². The maximum absolute atomic E-state index is 14.1. The summed E-state index contributed by atoms with van der Waals surface area (Å²) in [5.41, 5.74) is 5.79. The second-order valence-corrected chi connectivity index (χ2v) is 12.3. The number of rotatable bonds is 5. The van der Waals surface area contributed by atoms with Gasteiger partial charge in [-0.3, -0.25) is 14.3 Å². The fourth-order valence-electron chi connectivity index (χ4n) is 7.11. The number of likely N-dealkylation sites (tertiary alicyclic amines) is 1. The summed E-state index contributed by atoms with van der Waals surface area (Å²) in [5, 5.41) is 24.5. The zero-order valence-electron chi connectivity index (χ0n) is 23.1. The van der Waals surface area contributed by atoms with E-state index < -0.39 is 6.10 Å². The molecule has 2 N–H and O–H groups in total. The lowest BCUT2D eigenvalue weighted by Crippen LogP contribution is -2.58. The Labute approximate surface area is 232 Å². The highest BCUT2D eigenvalue weighted by Crippen LogP contribution is 2.51. The van der Waals surface area contributed by atoms with Gasteiger partial charge in [-0.25, -0.2) is 4.39 Å². The number of aliphatic hydroxyl groups excluding tert-OH is 2. The molecule has 2 saturated heterocycles. The highest BCUT2D eigenvalue weighted by molar-refractivity contribution is 6.02. The van der Waals surface area contributed by atoms with Crippen LogP contribution < -0.4 is 4.90 Å². The number of aliphatic hydroxyl groups is 2. The quantitative estimate of drug-likeness (QED) is 0.591. The van der Waals surface area contributed by atoms with E-state index in [4.69, 9.17) is 5.10 Å². The van der Waals surface area contributed by atoms with Crippen molar-refractivity contribution in [3.63, 3.8) is 0 Å². The molecule has 1 spiro atoms. The third kappa shape index (κ3) is 3.98. The molecular weight excluding hydrogens is 513 g/mol. The minimum absolute atomic E-state index is 0.0180. The molecule has 0 bridgehead atoms. The van der Waals surface area contributed by atoms with E-state index in [2.05, 4.69) is 11.0 Å². The average molecular weight is 550 g/mol. The summed E-state index contributed by atoms with van der Waals surface area (Å²) < 4.78 is 15.8. The predicted molar refractivity (Wildman–Crippen MR) is 146 cm³/mol. The summed E-state index contributed by atoms with van der Waals surface area (Å²) in [6.07, 6.45) is 4.61. The number of fused-ring (bicyclic) bond motifs is 3. The maximum Gasteiger partial charge on any atom is 0.275 e. The van der Waals surface area contributed by atoms with Crippen molar-refractivity contribution >= 4 is 23.1 Å². The first-order chi connectivity index (χ1) is 19.2. The molecule has 1 aromatic heterocycles. The van der Waals surface area contributed by atoms with Crippen LogP contribution >= 0.6 is 0 Å². The number of amides is 2. The summed E-state index contributed by atoms with van der Waals surface area (Å²) in [4.78, 5) is 33.3. The van der Waals surface area contributed by atoms with Crippen molar-refractivity contribution in [3.8, 4) is 0 Å². The van der Waals surface area contributed by atoms with E-state index in [0.29, 0.717) is 49.8 Å². The van der Waals surface area contributed by atoms with Gasteiger partial charge in [-0.1, -0.05) is 6.08 Å².